The van der Waals surface area contributed by atoms with E-state index in [1.54, 1.807) is 32.5 Å². The van der Waals surface area contributed by atoms with Gasteiger partial charge in [0.1, 0.15) is 5.56 Å². The van der Waals surface area contributed by atoms with E-state index in [0.29, 0.717) is 22.9 Å². The zero-order chi connectivity index (χ0) is 17.2. The van der Waals surface area contributed by atoms with Crippen molar-refractivity contribution in [3.63, 3.8) is 0 Å². The van der Waals surface area contributed by atoms with Crippen LogP contribution in [0.5, 0.6) is 5.88 Å². The molecule has 132 valence electrons. The van der Waals surface area contributed by atoms with Crippen molar-refractivity contribution >= 4 is 5.91 Å². The molecule has 1 atom stereocenters. The molecule has 0 saturated carbocycles. The van der Waals surface area contributed by atoms with Gasteiger partial charge in [-0.3, -0.25) is 4.79 Å². The van der Waals surface area contributed by atoms with Crippen molar-refractivity contribution in [2.75, 3.05) is 47.5 Å². The zero-order valence-corrected chi connectivity index (χ0v) is 14.8. The molecule has 2 aliphatic rings. The van der Waals surface area contributed by atoms with Crippen molar-refractivity contribution in [1.82, 2.24) is 14.8 Å². The highest BCUT2D eigenvalue weighted by Gasteiger charge is 2.44. The molecule has 6 heteroatoms. The van der Waals surface area contributed by atoms with Gasteiger partial charge >= 0.3 is 0 Å². The van der Waals surface area contributed by atoms with E-state index in [1.165, 1.54) is 0 Å². The number of ether oxygens (including phenoxy) is 2. The molecule has 0 N–H and O–H groups in total. The molecule has 1 spiro atoms. The van der Waals surface area contributed by atoms with E-state index >= 15 is 0 Å². The summed E-state index contributed by atoms with van der Waals surface area (Å²) >= 11 is 0. The Kier molecular flexibility index (Phi) is 5.06. The van der Waals surface area contributed by atoms with Gasteiger partial charge in [0.2, 0.25) is 5.88 Å². The molecule has 1 unspecified atom stereocenters. The number of amides is 1. The summed E-state index contributed by atoms with van der Waals surface area (Å²) in [7, 11) is 5.49. The van der Waals surface area contributed by atoms with Gasteiger partial charge in [-0.25, -0.2) is 4.98 Å². The zero-order valence-electron chi connectivity index (χ0n) is 14.8. The third kappa shape index (κ3) is 3.26. The van der Waals surface area contributed by atoms with E-state index in [2.05, 4.69) is 16.9 Å². The Balaban J connectivity index is 1.64. The van der Waals surface area contributed by atoms with Crippen LogP contribution in [-0.4, -0.2) is 74.2 Å². The molecule has 2 saturated heterocycles. The molecule has 0 aliphatic carbocycles. The average molecular weight is 333 g/mol. The Morgan fingerprint density at radius 1 is 1.38 bits per heavy atom. The maximum Gasteiger partial charge on any atom is 0.259 e. The number of hydrogen-bond acceptors (Lipinski definition) is 5. The number of likely N-dealkylation sites (N-methyl/N-ethyl adjacent to an activating group) is 1. The minimum atomic E-state index is 0.0228. The van der Waals surface area contributed by atoms with Crippen LogP contribution in [0.25, 0.3) is 0 Å². The molecule has 2 aliphatic heterocycles. The minimum Gasteiger partial charge on any atom is -0.480 e. The number of rotatable bonds is 4. The van der Waals surface area contributed by atoms with Crippen LogP contribution in [-0.2, 0) is 4.74 Å². The van der Waals surface area contributed by atoms with Crippen molar-refractivity contribution in [3.05, 3.63) is 23.9 Å². The molecular weight excluding hydrogens is 306 g/mol. The first-order chi connectivity index (χ1) is 11.6. The van der Waals surface area contributed by atoms with Crippen LogP contribution < -0.4 is 4.74 Å². The van der Waals surface area contributed by atoms with Crippen molar-refractivity contribution in [2.24, 2.45) is 5.41 Å². The van der Waals surface area contributed by atoms with E-state index < -0.39 is 0 Å². The quantitative estimate of drug-likeness (QED) is 0.839. The molecule has 3 rings (SSSR count). The van der Waals surface area contributed by atoms with Crippen molar-refractivity contribution in [2.45, 2.75) is 25.3 Å². The highest BCUT2D eigenvalue weighted by Crippen LogP contribution is 2.43. The molecule has 0 radical (unpaired) electrons. The molecule has 6 nitrogen and oxygen atoms in total. The fourth-order valence-corrected chi connectivity index (χ4v) is 4.19. The van der Waals surface area contributed by atoms with Gasteiger partial charge in [-0.05, 0) is 43.9 Å². The maximum absolute atomic E-state index is 12.8. The van der Waals surface area contributed by atoms with Gasteiger partial charge in [0.25, 0.3) is 5.91 Å². The van der Waals surface area contributed by atoms with Crippen LogP contribution in [0.2, 0.25) is 0 Å². The maximum atomic E-state index is 12.8. The number of nitrogens with zero attached hydrogens (tertiary/aromatic N) is 3. The number of aromatic nitrogens is 1. The predicted octanol–water partition coefficient (Wildman–Crippen LogP) is 1.66. The van der Waals surface area contributed by atoms with Crippen LogP contribution in [0.1, 0.15) is 29.6 Å². The van der Waals surface area contributed by atoms with Gasteiger partial charge in [-0.1, -0.05) is 0 Å². The first-order valence-electron chi connectivity index (χ1n) is 8.56. The number of carbonyl (C=O) groups is 1. The topological polar surface area (TPSA) is 54.9 Å². The highest BCUT2D eigenvalue weighted by molar-refractivity contribution is 5.96. The first-order valence-corrected chi connectivity index (χ1v) is 8.56. The second-order valence-corrected chi connectivity index (χ2v) is 7.08. The fourth-order valence-electron chi connectivity index (χ4n) is 4.19. The Bertz CT molecular complexity index is 585. The first kappa shape index (κ1) is 17.2. The second-order valence-electron chi connectivity index (χ2n) is 7.08. The molecule has 1 amide bonds. The fraction of sp³-hybridized carbons (Fsp3) is 0.667. The lowest BCUT2D eigenvalue weighted by atomic mass is 9.76. The van der Waals surface area contributed by atoms with Crippen molar-refractivity contribution in [3.8, 4) is 5.88 Å². The van der Waals surface area contributed by atoms with Crippen LogP contribution >= 0.6 is 0 Å². The monoisotopic (exact) mass is 333 g/mol. The summed E-state index contributed by atoms with van der Waals surface area (Å²) in [6.07, 6.45) is 4.90. The minimum absolute atomic E-state index is 0.0228. The Morgan fingerprint density at radius 3 is 2.79 bits per heavy atom. The lowest BCUT2D eigenvalue weighted by Gasteiger charge is -2.39. The lowest BCUT2D eigenvalue weighted by Crippen LogP contribution is -2.44. The number of hydrogen-bond donors (Lipinski definition) is 0. The summed E-state index contributed by atoms with van der Waals surface area (Å²) in [5, 5.41) is 0. The molecule has 0 bridgehead atoms. The van der Waals surface area contributed by atoms with Gasteiger partial charge < -0.3 is 19.3 Å². The SMILES string of the molecule is COCC1CC2(CCN(C(=O)c3cccnc3OC)CC2)CN1C. The normalized spacial score (nSPS) is 23.6. The van der Waals surface area contributed by atoms with E-state index in [1.807, 2.05) is 4.90 Å². The van der Waals surface area contributed by atoms with E-state index in [0.717, 1.165) is 45.5 Å². The smallest absolute Gasteiger partial charge is 0.259 e. The second kappa shape index (κ2) is 7.07. The molecule has 0 aromatic carbocycles. The summed E-state index contributed by atoms with van der Waals surface area (Å²) < 4.78 is 10.6. The van der Waals surface area contributed by atoms with Crippen LogP contribution in [0.4, 0.5) is 0 Å². The predicted molar refractivity (Wildman–Crippen MR) is 91.3 cm³/mol. The molecular formula is C18H27N3O3. The van der Waals surface area contributed by atoms with Gasteiger partial charge in [0.15, 0.2) is 0 Å². The summed E-state index contributed by atoms with van der Waals surface area (Å²) in [5.41, 5.74) is 0.880. The van der Waals surface area contributed by atoms with Gasteiger partial charge in [0, 0.05) is 39.0 Å². The van der Waals surface area contributed by atoms with E-state index in [4.69, 9.17) is 9.47 Å². The Morgan fingerprint density at radius 2 is 2.12 bits per heavy atom. The van der Waals surface area contributed by atoms with Gasteiger partial charge in [0.05, 0.1) is 13.7 Å². The molecule has 1 aromatic rings. The van der Waals surface area contributed by atoms with Crippen molar-refractivity contribution in [1.29, 1.82) is 0 Å². The number of pyridine rings is 1. The number of piperidine rings is 1. The lowest BCUT2D eigenvalue weighted by molar-refractivity contribution is 0.0588. The molecule has 3 heterocycles. The molecule has 2 fully saturated rings. The molecule has 1 aromatic heterocycles. The average Bonchev–Trinajstić information content (AvgIpc) is 2.90. The summed E-state index contributed by atoms with van der Waals surface area (Å²) in [5.74, 6) is 0.429. The summed E-state index contributed by atoms with van der Waals surface area (Å²) in [4.78, 5) is 21.3. The van der Waals surface area contributed by atoms with Gasteiger partial charge in [-0.15, -0.1) is 0 Å². The van der Waals surface area contributed by atoms with Crippen LogP contribution in [0, 0.1) is 5.41 Å². The number of methoxy groups -OCH3 is 2. The number of carbonyl (C=O) groups excluding carboxylic acids is 1. The van der Waals surface area contributed by atoms with Crippen molar-refractivity contribution < 1.29 is 14.3 Å². The Labute approximate surface area is 143 Å². The third-order valence-electron chi connectivity index (χ3n) is 5.54. The third-order valence-corrected chi connectivity index (χ3v) is 5.54. The highest BCUT2D eigenvalue weighted by atomic mass is 16.5. The molecule has 24 heavy (non-hydrogen) atoms. The number of likely N-dealkylation sites (tertiary alicyclic amines) is 2. The van der Waals surface area contributed by atoms with Crippen LogP contribution in [0.3, 0.4) is 0 Å². The largest absolute Gasteiger partial charge is 0.480 e. The van der Waals surface area contributed by atoms with E-state index in [-0.39, 0.29) is 5.91 Å². The van der Waals surface area contributed by atoms with E-state index in [9.17, 15) is 4.79 Å². The standard InChI is InChI=1S/C18H27N3O3/c1-20-13-18(11-14(20)12-23-2)6-9-21(10-7-18)17(22)15-5-4-8-19-16(15)24-3/h4-5,8,14H,6-7,9-13H2,1-3H3. The summed E-state index contributed by atoms with van der Waals surface area (Å²) in [6.45, 7) is 3.47. The van der Waals surface area contributed by atoms with Crippen LogP contribution in [0.15, 0.2) is 18.3 Å². The summed E-state index contributed by atoms with van der Waals surface area (Å²) in [6, 6.07) is 4.06. The van der Waals surface area contributed by atoms with Gasteiger partial charge in [-0.2, -0.15) is 0 Å². The Hall–Kier alpha value is -1.66.